The quantitative estimate of drug-likeness (QED) is 0.865. The number of methoxy groups -OCH3 is 2. The molecule has 0 aliphatic heterocycles. The van der Waals surface area contributed by atoms with Gasteiger partial charge in [0, 0.05) is 12.1 Å². The molecule has 90 valence electrons. The molecule has 0 saturated heterocycles. The minimum absolute atomic E-state index is 0.125. The Morgan fingerprint density at radius 1 is 1.25 bits per heavy atom. The fraction of sp³-hybridized carbons (Fsp3) is 0.500. The highest BCUT2D eigenvalue weighted by Crippen LogP contribution is 2.33. The standard InChI is InChI=1S/C12H18ClNO2/c1-4-9(14)5-8-6-12(16-3)10(13)7-11(8)15-2/h6-7,9H,4-5,14H2,1-3H3/t9-/m1/s1. The van der Waals surface area contributed by atoms with Crippen LogP contribution in [0.5, 0.6) is 11.5 Å². The van der Waals surface area contributed by atoms with Gasteiger partial charge in [0.05, 0.1) is 19.2 Å². The molecule has 1 aromatic rings. The lowest BCUT2D eigenvalue weighted by Crippen LogP contribution is -2.21. The van der Waals surface area contributed by atoms with E-state index < -0.39 is 0 Å². The molecule has 0 spiro atoms. The van der Waals surface area contributed by atoms with Crippen molar-refractivity contribution in [2.45, 2.75) is 25.8 Å². The van der Waals surface area contributed by atoms with Gasteiger partial charge < -0.3 is 15.2 Å². The van der Waals surface area contributed by atoms with E-state index in [0.717, 1.165) is 24.2 Å². The molecule has 0 unspecified atom stereocenters. The highest BCUT2D eigenvalue weighted by atomic mass is 35.5. The maximum atomic E-state index is 6.01. The maximum Gasteiger partial charge on any atom is 0.137 e. The van der Waals surface area contributed by atoms with Gasteiger partial charge in [-0.05, 0) is 24.5 Å². The van der Waals surface area contributed by atoms with Gasteiger partial charge in [-0.3, -0.25) is 0 Å². The van der Waals surface area contributed by atoms with Crippen LogP contribution in [0.1, 0.15) is 18.9 Å². The smallest absolute Gasteiger partial charge is 0.137 e. The van der Waals surface area contributed by atoms with Crippen molar-refractivity contribution in [2.24, 2.45) is 5.73 Å². The number of nitrogens with two attached hydrogens (primary N) is 1. The van der Waals surface area contributed by atoms with E-state index in [1.54, 1.807) is 20.3 Å². The first-order valence-corrected chi connectivity index (χ1v) is 5.66. The molecular weight excluding hydrogens is 226 g/mol. The molecule has 1 atom stereocenters. The summed E-state index contributed by atoms with van der Waals surface area (Å²) < 4.78 is 10.4. The van der Waals surface area contributed by atoms with Crippen LogP contribution in [-0.2, 0) is 6.42 Å². The molecular formula is C12H18ClNO2. The summed E-state index contributed by atoms with van der Waals surface area (Å²) in [5.74, 6) is 1.41. The Morgan fingerprint density at radius 2 is 1.88 bits per heavy atom. The number of halogens is 1. The number of hydrogen-bond acceptors (Lipinski definition) is 3. The molecule has 1 rings (SSSR count). The van der Waals surface area contributed by atoms with Crippen LogP contribution in [0, 0.1) is 0 Å². The van der Waals surface area contributed by atoms with Crippen LogP contribution < -0.4 is 15.2 Å². The second kappa shape index (κ2) is 5.97. The molecule has 3 nitrogen and oxygen atoms in total. The van der Waals surface area contributed by atoms with Gasteiger partial charge in [-0.2, -0.15) is 0 Å². The average molecular weight is 244 g/mol. The van der Waals surface area contributed by atoms with Crippen LogP contribution in [0.2, 0.25) is 5.02 Å². The molecule has 0 aromatic heterocycles. The highest BCUT2D eigenvalue weighted by molar-refractivity contribution is 6.32. The summed E-state index contributed by atoms with van der Waals surface area (Å²) in [4.78, 5) is 0. The van der Waals surface area contributed by atoms with Gasteiger partial charge in [-0.25, -0.2) is 0 Å². The minimum Gasteiger partial charge on any atom is -0.496 e. The zero-order chi connectivity index (χ0) is 12.1. The van der Waals surface area contributed by atoms with E-state index in [1.165, 1.54) is 0 Å². The van der Waals surface area contributed by atoms with Crippen molar-refractivity contribution in [3.05, 3.63) is 22.7 Å². The summed E-state index contributed by atoms with van der Waals surface area (Å²) >= 11 is 6.01. The first kappa shape index (κ1) is 13.1. The number of ether oxygens (including phenoxy) is 2. The van der Waals surface area contributed by atoms with Crippen molar-refractivity contribution in [2.75, 3.05) is 14.2 Å². The summed E-state index contributed by atoms with van der Waals surface area (Å²) in [5, 5.41) is 0.549. The first-order valence-electron chi connectivity index (χ1n) is 5.28. The molecule has 4 heteroatoms. The summed E-state index contributed by atoms with van der Waals surface area (Å²) in [7, 11) is 3.22. The molecule has 0 aliphatic rings. The van der Waals surface area contributed by atoms with Gasteiger partial charge in [0.1, 0.15) is 11.5 Å². The van der Waals surface area contributed by atoms with Crippen LogP contribution in [-0.4, -0.2) is 20.3 Å². The lowest BCUT2D eigenvalue weighted by molar-refractivity contribution is 0.397. The normalized spacial score (nSPS) is 12.3. The molecule has 0 bridgehead atoms. The monoisotopic (exact) mass is 243 g/mol. The second-order valence-electron chi connectivity index (χ2n) is 3.67. The minimum atomic E-state index is 0.125. The zero-order valence-electron chi connectivity index (χ0n) is 9.92. The Balaban J connectivity index is 3.04. The van der Waals surface area contributed by atoms with Crippen LogP contribution >= 0.6 is 11.6 Å². The van der Waals surface area contributed by atoms with Crippen molar-refractivity contribution in [3.63, 3.8) is 0 Å². The van der Waals surface area contributed by atoms with Crippen molar-refractivity contribution in [1.29, 1.82) is 0 Å². The topological polar surface area (TPSA) is 44.5 Å². The Labute approximate surface area is 101 Å². The third kappa shape index (κ3) is 3.03. The lowest BCUT2D eigenvalue weighted by atomic mass is 10.0. The van der Waals surface area contributed by atoms with Crippen LogP contribution in [0.15, 0.2) is 12.1 Å². The van der Waals surface area contributed by atoms with Gasteiger partial charge in [0.25, 0.3) is 0 Å². The zero-order valence-corrected chi connectivity index (χ0v) is 10.7. The first-order chi connectivity index (χ1) is 7.62. The Hall–Kier alpha value is -0.930. The van der Waals surface area contributed by atoms with Gasteiger partial charge in [-0.1, -0.05) is 18.5 Å². The maximum absolute atomic E-state index is 6.01. The number of rotatable bonds is 5. The Bertz CT molecular complexity index is 355. The van der Waals surface area contributed by atoms with E-state index in [-0.39, 0.29) is 6.04 Å². The summed E-state index contributed by atoms with van der Waals surface area (Å²) in [6.45, 7) is 2.06. The Kier molecular flexibility index (Phi) is 4.90. The van der Waals surface area contributed by atoms with Crippen LogP contribution in [0.3, 0.4) is 0 Å². The van der Waals surface area contributed by atoms with Gasteiger partial charge in [0.15, 0.2) is 0 Å². The summed E-state index contributed by atoms with van der Waals surface area (Å²) in [5.41, 5.74) is 6.95. The van der Waals surface area contributed by atoms with Crippen molar-refractivity contribution < 1.29 is 9.47 Å². The number of benzene rings is 1. The molecule has 0 aliphatic carbocycles. The lowest BCUT2D eigenvalue weighted by Gasteiger charge is -2.14. The molecule has 0 amide bonds. The van der Waals surface area contributed by atoms with Gasteiger partial charge >= 0.3 is 0 Å². The predicted molar refractivity (Wildman–Crippen MR) is 66.5 cm³/mol. The van der Waals surface area contributed by atoms with Crippen LogP contribution in [0.25, 0.3) is 0 Å². The van der Waals surface area contributed by atoms with E-state index in [2.05, 4.69) is 6.92 Å². The molecule has 0 saturated carbocycles. The average Bonchev–Trinajstić information content (AvgIpc) is 2.30. The molecule has 2 N–H and O–H groups in total. The summed E-state index contributed by atoms with van der Waals surface area (Å²) in [6, 6.07) is 3.77. The molecule has 1 aromatic carbocycles. The third-order valence-electron chi connectivity index (χ3n) is 2.56. The van der Waals surface area contributed by atoms with E-state index in [9.17, 15) is 0 Å². The Morgan fingerprint density at radius 3 is 2.38 bits per heavy atom. The molecule has 0 heterocycles. The fourth-order valence-electron chi connectivity index (χ4n) is 1.51. The number of hydrogen-bond donors (Lipinski definition) is 1. The molecule has 0 radical (unpaired) electrons. The van der Waals surface area contributed by atoms with Crippen molar-refractivity contribution in [1.82, 2.24) is 0 Å². The SMILES string of the molecule is CC[C@@H](N)Cc1cc(OC)c(Cl)cc1OC. The largest absolute Gasteiger partial charge is 0.496 e. The van der Waals surface area contributed by atoms with Crippen molar-refractivity contribution >= 4 is 11.6 Å². The van der Waals surface area contributed by atoms with Crippen molar-refractivity contribution in [3.8, 4) is 11.5 Å². The van der Waals surface area contributed by atoms with E-state index in [4.69, 9.17) is 26.8 Å². The predicted octanol–water partition coefficient (Wildman–Crippen LogP) is 2.64. The highest BCUT2D eigenvalue weighted by Gasteiger charge is 2.12. The van der Waals surface area contributed by atoms with E-state index in [0.29, 0.717) is 10.8 Å². The summed E-state index contributed by atoms with van der Waals surface area (Å²) in [6.07, 6.45) is 1.68. The van der Waals surface area contributed by atoms with E-state index in [1.807, 2.05) is 6.07 Å². The fourth-order valence-corrected chi connectivity index (χ4v) is 1.74. The van der Waals surface area contributed by atoms with Crippen LogP contribution in [0.4, 0.5) is 0 Å². The van der Waals surface area contributed by atoms with E-state index >= 15 is 0 Å². The van der Waals surface area contributed by atoms with Gasteiger partial charge in [0.2, 0.25) is 0 Å². The molecule has 0 fully saturated rings. The molecule has 16 heavy (non-hydrogen) atoms. The third-order valence-corrected chi connectivity index (χ3v) is 2.86. The second-order valence-corrected chi connectivity index (χ2v) is 4.08. The van der Waals surface area contributed by atoms with Gasteiger partial charge in [-0.15, -0.1) is 0 Å².